The van der Waals surface area contributed by atoms with Gasteiger partial charge in [-0.1, -0.05) is 29.8 Å². The van der Waals surface area contributed by atoms with E-state index in [1.54, 1.807) is 18.2 Å². The molecular weight excluding hydrogens is 330 g/mol. The molecule has 0 atom stereocenters. The molecule has 0 aromatic heterocycles. The number of phenolic OH excluding ortho intramolecular Hbond substituents is 1. The molecule has 1 fully saturated rings. The molecule has 2 aromatic rings. The highest BCUT2D eigenvalue weighted by Gasteiger charge is 2.32. The quantitative estimate of drug-likeness (QED) is 0.826. The highest BCUT2D eigenvalue weighted by molar-refractivity contribution is 6.14. The fraction of sp³-hybridized carbons (Fsp3) is 0.286. The lowest BCUT2D eigenvalue weighted by Crippen LogP contribution is -3.12. The molecule has 0 radical (unpaired) electrons. The van der Waals surface area contributed by atoms with Gasteiger partial charge in [0, 0.05) is 0 Å². The zero-order valence-electron chi connectivity index (χ0n) is 14.7. The molecule has 0 unspecified atom stereocenters. The van der Waals surface area contributed by atoms with Crippen LogP contribution >= 0.6 is 0 Å². The number of ether oxygens (including phenoxy) is 2. The summed E-state index contributed by atoms with van der Waals surface area (Å²) >= 11 is 0. The van der Waals surface area contributed by atoms with Crippen molar-refractivity contribution in [1.82, 2.24) is 0 Å². The molecule has 2 heterocycles. The van der Waals surface area contributed by atoms with E-state index in [1.807, 2.05) is 31.2 Å². The summed E-state index contributed by atoms with van der Waals surface area (Å²) < 4.78 is 11.3. The minimum atomic E-state index is -0.139. The van der Waals surface area contributed by atoms with Crippen molar-refractivity contribution in [2.45, 2.75) is 13.5 Å². The van der Waals surface area contributed by atoms with Crippen molar-refractivity contribution in [2.75, 3.05) is 26.3 Å². The number of Topliss-reactive ketones (excluding diaryl/α,β-unsaturated/α-hetero) is 1. The van der Waals surface area contributed by atoms with E-state index in [0.717, 1.165) is 24.2 Å². The Labute approximate surface area is 152 Å². The third-order valence-electron chi connectivity index (χ3n) is 4.88. The molecule has 4 rings (SSSR count). The molecule has 26 heavy (non-hydrogen) atoms. The van der Waals surface area contributed by atoms with E-state index in [0.29, 0.717) is 42.4 Å². The first-order valence-electron chi connectivity index (χ1n) is 8.89. The number of aryl methyl sites for hydroxylation is 1. The lowest BCUT2D eigenvalue weighted by molar-refractivity contribution is -0.921. The van der Waals surface area contributed by atoms with Crippen LogP contribution < -0.4 is 9.64 Å². The maximum absolute atomic E-state index is 12.7. The van der Waals surface area contributed by atoms with E-state index in [4.69, 9.17) is 9.47 Å². The van der Waals surface area contributed by atoms with Crippen LogP contribution in [0.5, 0.6) is 11.5 Å². The molecule has 5 heteroatoms. The van der Waals surface area contributed by atoms with E-state index < -0.39 is 0 Å². The fourth-order valence-corrected chi connectivity index (χ4v) is 3.47. The molecule has 1 saturated heterocycles. The van der Waals surface area contributed by atoms with Crippen LogP contribution in [0, 0.1) is 6.92 Å². The highest BCUT2D eigenvalue weighted by atomic mass is 16.5. The van der Waals surface area contributed by atoms with Gasteiger partial charge < -0.3 is 19.5 Å². The van der Waals surface area contributed by atoms with Gasteiger partial charge in [0.2, 0.25) is 5.78 Å². The average molecular weight is 352 g/mol. The van der Waals surface area contributed by atoms with Crippen molar-refractivity contribution >= 4 is 11.9 Å². The number of phenols is 1. The van der Waals surface area contributed by atoms with Crippen molar-refractivity contribution < 1.29 is 24.3 Å². The number of allylic oxidation sites excluding steroid dienone is 1. The molecular formula is C21H22NO4+. The molecule has 134 valence electrons. The van der Waals surface area contributed by atoms with Gasteiger partial charge in [-0.05, 0) is 30.7 Å². The van der Waals surface area contributed by atoms with Crippen LogP contribution in [0.2, 0.25) is 0 Å². The Morgan fingerprint density at radius 3 is 2.77 bits per heavy atom. The lowest BCUT2D eigenvalue weighted by Gasteiger charge is -2.24. The summed E-state index contributed by atoms with van der Waals surface area (Å²) in [5.41, 5.74) is 3.26. The van der Waals surface area contributed by atoms with Gasteiger partial charge in [-0.25, -0.2) is 0 Å². The summed E-state index contributed by atoms with van der Waals surface area (Å²) in [5, 5.41) is 10.3. The Kier molecular flexibility index (Phi) is 4.49. The van der Waals surface area contributed by atoms with Crippen LogP contribution in [-0.4, -0.2) is 37.2 Å². The van der Waals surface area contributed by atoms with Gasteiger partial charge in [0.15, 0.2) is 11.5 Å². The molecule has 0 spiro atoms. The number of rotatable bonds is 3. The Hall–Kier alpha value is -2.63. The summed E-state index contributed by atoms with van der Waals surface area (Å²) in [6.07, 6.45) is 1.76. The standard InChI is InChI=1S/C21H21NO4/c1-14-3-2-4-15(11-14)12-19-20(24)16-5-6-18(23)17(21(16)26-19)13-22-7-9-25-10-8-22/h2-6,11-12,23H,7-10,13H2,1H3/p+1/b19-12+. The number of morpholine rings is 1. The van der Waals surface area contributed by atoms with Crippen LogP contribution in [0.3, 0.4) is 0 Å². The van der Waals surface area contributed by atoms with Gasteiger partial charge >= 0.3 is 0 Å². The molecule has 0 saturated carbocycles. The largest absolute Gasteiger partial charge is 0.507 e. The van der Waals surface area contributed by atoms with Crippen molar-refractivity contribution in [1.29, 1.82) is 0 Å². The molecule has 2 N–H and O–H groups in total. The monoisotopic (exact) mass is 352 g/mol. The lowest BCUT2D eigenvalue weighted by atomic mass is 10.0. The first-order chi connectivity index (χ1) is 12.6. The third-order valence-corrected chi connectivity index (χ3v) is 4.88. The Bertz CT molecular complexity index is 882. The van der Waals surface area contributed by atoms with E-state index in [1.165, 1.54) is 4.90 Å². The first kappa shape index (κ1) is 16.8. The number of ketones is 1. The number of aromatic hydroxyl groups is 1. The summed E-state index contributed by atoms with van der Waals surface area (Å²) in [6, 6.07) is 11.1. The SMILES string of the molecule is Cc1cccc(/C=C2/Oc3c(ccc(O)c3C[NH+]3CCOCC3)C2=O)c1. The van der Waals surface area contributed by atoms with Crippen LogP contribution in [0.15, 0.2) is 42.2 Å². The predicted molar refractivity (Wildman–Crippen MR) is 97.4 cm³/mol. The second kappa shape index (κ2) is 6.94. The number of benzene rings is 2. The van der Waals surface area contributed by atoms with Crippen LogP contribution in [0.4, 0.5) is 0 Å². The maximum Gasteiger partial charge on any atom is 0.231 e. The summed E-state index contributed by atoms with van der Waals surface area (Å²) in [5.74, 6) is 0.828. The van der Waals surface area contributed by atoms with Gasteiger partial charge in [0.25, 0.3) is 0 Å². The highest BCUT2D eigenvalue weighted by Crippen LogP contribution is 2.39. The van der Waals surface area contributed by atoms with Crippen molar-refractivity contribution in [2.24, 2.45) is 0 Å². The number of quaternary nitrogens is 1. The normalized spacial score (nSPS) is 18.8. The van der Waals surface area contributed by atoms with Crippen LogP contribution in [0.1, 0.15) is 27.0 Å². The maximum atomic E-state index is 12.7. The summed E-state index contributed by atoms with van der Waals surface area (Å²) in [4.78, 5) is 14.1. The second-order valence-electron chi connectivity index (χ2n) is 6.83. The number of hydrogen-bond donors (Lipinski definition) is 2. The smallest absolute Gasteiger partial charge is 0.231 e. The van der Waals surface area contributed by atoms with Gasteiger partial charge in [0.1, 0.15) is 25.4 Å². The predicted octanol–water partition coefficient (Wildman–Crippen LogP) is 1.73. The van der Waals surface area contributed by atoms with Gasteiger partial charge in [-0.15, -0.1) is 0 Å². The Morgan fingerprint density at radius 1 is 1.19 bits per heavy atom. The number of fused-ring (bicyclic) bond motifs is 1. The zero-order valence-corrected chi connectivity index (χ0v) is 14.7. The molecule has 2 aliphatic rings. The number of carbonyl (C=O) groups is 1. The fourth-order valence-electron chi connectivity index (χ4n) is 3.47. The molecule has 0 bridgehead atoms. The Balaban J connectivity index is 1.66. The molecule has 2 aromatic carbocycles. The number of nitrogens with one attached hydrogen (secondary N) is 1. The van der Waals surface area contributed by atoms with Crippen LogP contribution in [-0.2, 0) is 11.3 Å². The molecule has 0 aliphatic carbocycles. The van der Waals surface area contributed by atoms with Crippen molar-refractivity contribution in [3.8, 4) is 11.5 Å². The third kappa shape index (κ3) is 3.23. The number of carbonyl (C=O) groups excluding carboxylic acids is 1. The van der Waals surface area contributed by atoms with E-state index in [-0.39, 0.29) is 11.5 Å². The van der Waals surface area contributed by atoms with Gasteiger partial charge in [0.05, 0.1) is 24.3 Å². The molecule has 5 nitrogen and oxygen atoms in total. The minimum Gasteiger partial charge on any atom is -0.507 e. The van der Waals surface area contributed by atoms with Crippen LogP contribution in [0.25, 0.3) is 6.08 Å². The average Bonchev–Trinajstić information content (AvgIpc) is 2.95. The van der Waals surface area contributed by atoms with E-state index >= 15 is 0 Å². The number of hydrogen-bond acceptors (Lipinski definition) is 4. The zero-order chi connectivity index (χ0) is 18.1. The summed E-state index contributed by atoms with van der Waals surface area (Å²) in [6.45, 7) is 5.80. The van der Waals surface area contributed by atoms with E-state index in [9.17, 15) is 9.90 Å². The molecule has 2 aliphatic heterocycles. The second-order valence-corrected chi connectivity index (χ2v) is 6.83. The van der Waals surface area contributed by atoms with Gasteiger partial charge in [-0.3, -0.25) is 4.79 Å². The minimum absolute atomic E-state index is 0.139. The summed E-state index contributed by atoms with van der Waals surface area (Å²) in [7, 11) is 0. The van der Waals surface area contributed by atoms with E-state index in [2.05, 4.69) is 0 Å². The first-order valence-corrected chi connectivity index (χ1v) is 8.89. The topological polar surface area (TPSA) is 60.2 Å². The molecule has 0 amide bonds. The van der Waals surface area contributed by atoms with Gasteiger partial charge in [-0.2, -0.15) is 0 Å². The van der Waals surface area contributed by atoms with Crippen molar-refractivity contribution in [3.63, 3.8) is 0 Å². The Morgan fingerprint density at radius 2 is 2.00 bits per heavy atom. The van der Waals surface area contributed by atoms with Crippen molar-refractivity contribution in [3.05, 3.63) is 64.4 Å².